The summed E-state index contributed by atoms with van der Waals surface area (Å²) in [5.74, 6) is 0.0456. The summed E-state index contributed by atoms with van der Waals surface area (Å²) in [4.78, 5) is 13.2. The molecule has 0 aliphatic heterocycles. The molecule has 0 spiro atoms. The smallest absolute Gasteiger partial charge is 0.217 e. The molecule has 0 aromatic rings. The Morgan fingerprint density at radius 2 is 2.13 bits per heavy atom. The molecule has 1 fully saturated rings. The second-order valence-electron chi connectivity index (χ2n) is 4.36. The van der Waals surface area contributed by atoms with Crippen LogP contribution in [0.1, 0.15) is 32.6 Å². The minimum Gasteiger partial charge on any atom is -0.395 e. The summed E-state index contributed by atoms with van der Waals surface area (Å²) in [5, 5.41) is 11.9. The number of likely N-dealkylation sites (N-methyl/N-ethyl adjacent to an activating group) is 1. The second kappa shape index (κ2) is 6.08. The first-order chi connectivity index (χ1) is 7.15. The monoisotopic (exact) mass is 214 g/mol. The van der Waals surface area contributed by atoms with Crippen LogP contribution in [0.2, 0.25) is 0 Å². The lowest BCUT2D eigenvalue weighted by atomic mass is 9.89. The number of aliphatic hydroxyl groups is 1. The van der Waals surface area contributed by atoms with Gasteiger partial charge in [0.25, 0.3) is 0 Å². The third-order valence-corrected chi connectivity index (χ3v) is 3.14. The summed E-state index contributed by atoms with van der Waals surface area (Å²) in [6.45, 7) is 2.43. The summed E-state index contributed by atoms with van der Waals surface area (Å²) < 4.78 is 0. The second-order valence-corrected chi connectivity index (χ2v) is 4.36. The number of nitrogens with one attached hydrogen (secondary N) is 1. The quantitative estimate of drug-likeness (QED) is 0.710. The first kappa shape index (κ1) is 12.5. The molecule has 15 heavy (non-hydrogen) atoms. The van der Waals surface area contributed by atoms with E-state index in [9.17, 15) is 4.79 Å². The topological polar surface area (TPSA) is 52.6 Å². The van der Waals surface area contributed by atoms with Crippen LogP contribution in [0.3, 0.4) is 0 Å². The van der Waals surface area contributed by atoms with Gasteiger partial charge in [0.15, 0.2) is 0 Å². The first-order valence-corrected chi connectivity index (χ1v) is 5.73. The molecule has 2 atom stereocenters. The number of amides is 1. The number of hydrogen-bond donors (Lipinski definition) is 2. The van der Waals surface area contributed by atoms with E-state index in [0.29, 0.717) is 12.6 Å². The normalized spacial score (nSPS) is 26.7. The molecule has 4 heteroatoms. The molecule has 0 aromatic heterocycles. The predicted molar refractivity (Wildman–Crippen MR) is 59.6 cm³/mol. The SMILES string of the molecule is CC(=O)N[C@@H]1CCCC[C@H]1N(C)CCO. The molecule has 0 aromatic carbocycles. The third-order valence-electron chi connectivity index (χ3n) is 3.14. The average molecular weight is 214 g/mol. The van der Waals surface area contributed by atoms with Crippen LogP contribution in [0.15, 0.2) is 0 Å². The Labute approximate surface area is 91.6 Å². The zero-order valence-electron chi connectivity index (χ0n) is 9.70. The fraction of sp³-hybridized carbons (Fsp3) is 0.909. The summed E-state index contributed by atoms with van der Waals surface area (Å²) in [7, 11) is 2.01. The van der Waals surface area contributed by atoms with Crippen LogP contribution in [0, 0.1) is 0 Å². The molecule has 1 rings (SSSR count). The Bertz CT molecular complexity index is 209. The van der Waals surface area contributed by atoms with E-state index in [-0.39, 0.29) is 18.6 Å². The van der Waals surface area contributed by atoms with Gasteiger partial charge in [0.1, 0.15) is 0 Å². The summed E-state index contributed by atoms with van der Waals surface area (Å²) in [6, 6.07) is 0.641. The maximum atomic E-state index is 11.1. The van der Waals surface area contributed by atoms with Crippen molar-refractivity contribution in [2.75, 3.05) is 20.2 Å². The molecule has 0 radical (unpaired) electrons. The molecule has 0 saturated heterocycles. The van der Waals surface area contributed by atoms with Gasteiger partial charge >= 0.3 is 0 Å². The van der Waals surface area contributed by atoms with Gasteiger partial charge in [0, 0.05) is 25.6 Å². The van der Waals surface area contributed by atoms with Crippen molar-refractivity contribution in [1.29, 1.82) is 0 Å². The Morgan fingerprint density at radius 3 is 2.73 bits per heavy atom. The van der Waals surface area contributed by atoms with Crippen molar-refractivity contribution in [3.05, 3.63) is 0 Å². The standard InChI is InChI=1S/C11H22N2O2/c1-9(15)12-10-5-3-4-6-11(10)13(2)7-8-14/h10-11,14H,3-8H2,1-2H3,(H,12,15)/t10-,11-/m1/s1. The van der Waals surface area contributed by atoms with Crippen molar-refractivity contribution in [2.24, 2.45) is 0 Å². The fourth-order valence-corrected chi connectivity index (χ4v) is 2.39. The minimum atomic E-state index is 0.0456. The van der Waals surface area contributed by atoms with Gasteiger partial charge in [-0.3, -0.25) is 9.69 Å². The highest BCUT2D eigenvalue weighted by Gasteiger charge is 2.28. The molecular weight excluding hydrogens is 192 g/mol. The van der Waals surface area contributed by atoms with Gasteiger partial charge in [0.05, 0.1) is 6.61 Å². The largest absolute Gasteiger partial charge is 0.395 e. The summed E-state index contributed by atoms with van der Waals surface area (Å²) in [6.07, 6.45) is 4.58. The Balaban J connectivity index is 2.52. The molecule has 1 amide bonds. The molecule has 0 bridgehead atoms. The highest BCUT2D eigenvalue weighted by molar-refractivity contribution is 5.73. The van der Waals surface area contributed by atoms with Crippen LogP contribution in [-0.4, -0.2) is 48.2 Å². The van der Waals surface area contributed by atoms with Crippen molar-refractivity contribution in [2.45, 2.75) is 44.7 Å². The van der Waals surface area contributed by atoms with Gasteiger partial charge in [-0.15, -0.1) is 0 Å². The number of rotatable bonds is 4. The molecular formula is C11H22N2O2. The fourth-order valence-electron chi connectivity index (χ4n) is 2.39. The summed E-state index contributed by atoms with van der Waals surface area (Å²) in [5.41, 5.74) is 0. The van der Waals surface area contributed by atoms with Gasteiger partial charge < -0.3 is 10.4 Å². The van der Waals surface area contributed by atoms with Gasteiger partial charge in [-0.1, -0.05) is 12.8 Å². The number of hydrogen-bond acceptors (Lipinski definition) is 3. The lowest BCUT2D eigenvalue weighted by Gasteiger charge is -2.38. The average Bonchev–Trinajstić information content (AvgIpc) is 2.18. The number of carbonyl (C=O) groups excluding carboxylic acids is 1. The number of aliphatic hydroxyl groups excluding tert-OH is 1. The van der Waals surface area contributed by atoms with Gasteiger partial charge in [0.2, 0.25) is 5.91 Å². The molecule has 88 valence electrons. The van der Waals surface area contributed by atoms with Crippen LogP contribution in [0.4, 0.5) is 0 Å². The molecule has 0 unspecified atom stereocenters. The van der Waals surface area contributed by atoms with Gasteiger partial charge in [-0.2, -0.15) is 0 Å². The Hall–Kier alpha value is -0.610. The molecule has 2 N–H and O–H groups in total. The lowest BCUT2D eigenvalue weighted by molar-refractivity contribution is -0.120. The Kier molecular flexibility index (Phi) is 5.05. The zero-order chi connectivity index (χ0) is 11.3. The molecule has 1 aliphatic rings. The van der Waals surface area contributed by atoms with Crippen molar-refractivity contribution in [3.8, 4) is 0 Å². The number of nitrogens with zero attached hydrogens (tertiary/aromatic N) is 1. The van der Waals surface area contributed by atoms with Crippen LogP contribution in [-0.2, 0) is 4.79 Å². The highest BCUT2D eigenvalue weighted by atomic mass is 16.3. The van der Waals surface area contributed by atoms with Gasteiger partial charge in [-0.05, 0) is 19.9 Å². The van der Waals surface area contributed by atoms with Crippen molar-refractivity contribution in [3.63, 3.8) is 0 Å². The van der Waals surface area contributed by atoms with E-state index in [0.717, 1.165) is 12.8 Å². The van der Waals surface area contributed by atoms with Crippen LogP contribution < -0.4 is 5.32 Å². The van der Waals surface area contributed by atoms with Crippen LogP contribution >= 0.6 is 0 Å². The first-order valence-electron chi connectivity index (χ1n) is 5.73. The summed E-state index contributed by atoms with van der Waals surface area (Å²) >= 11 is 0. The molecule has 1 aliphatic carbocycles. The van der Waals surface area contributed by atoms with Crippen LogP contribution in [0.25, 0.3) is 0 Å². The highest BCUT2D eigenvalue weighted by Crippen LogP contribution is 2.22. The van der Waals surface area contributed by atoms with E-state index in [1.165, 1.54) is 12.8 Å². The van der Waals surface area contributed by atoms with E-state index < -0.39 is 0 Å². The predicted octanol–water partition coefficient (Wildman–Crippen LogP) is 0.358. The maximum Gasteiger partial charge on any atom is 0.217 e. The molecule has 1 saturated carbocycles. The van der Waals surface area contributed by atoms with Crippen molar-refractivity contribution >= 4 is 5.91 Å². The lowest BCUT2D eigenvalue weighted by Crippen LogP contribution is -2.52. The van der Waals surface area contributed by atoms with E-state index in [1.54, 1.807) is 6.92 Å². The van der Waals surface area contributed by atoms with E-state index in [1.807, 2.05) is 7.05 Å². The minimum absolute atomic E-state index is 0.0456. The zero-order valence-corrected chi connectivity index (χ0v) is 9.70. The van der Waals surface area contributed by atoms with Gasteiger partial charge in [-0.25, -0.2) is 0 Å². The molecule has 0 heterocycles. The third kappa shape index (κ3) is 3.80. The number of carbonyl (C=O) groups is 1. The van der Waals surface area contributed by atoms with E-state index in [4.69, 9.17) is 5.11 Å². The van der Waals surface area contributed by atoms with E-state index in [2.05, 4.69) is 10.2 Å². The maximum absolute atomic E-state index is 11.1. The van der Waals surface area contributed by atoms with Crippen molar-refractivity contribution < 1.29 is 9.90 Å². The Morgan fingerprint density at radius 1 is 1.47 bits per heavy atom. The van der Waals surface area contributed by atoms with E-state index >= 15 is 0 Å². The molecule has 4 nitrogen and oxygen atoms in total. The van der Waals surface area contributed by atoms with Crippen LogP contribution in [0.5, 0.6) is 0 Å². The van der Waals surface area contributed by atoms with Crippen molar-refractivity contribution in [1.82, 2.24) is 10.2 Å².